The van der Waals surface area contributed by atoms with Crippen molar-refractivity contribution in [2.24, 2.45) is 0 Å². The number of allylic oxidation sites excluding steroid dienone is 2. The molecule has 0 unspecified atom stereocenters. The smallest absolute Gasteiger partial charge is 0.214 e. The summed E-state index contributed by atoms with van der Waals surface area (Å²) in [6.45, 7) is 3.89. The summed E-state index contributed by atoms with van der Waals surface area (Å²) in [4.78, 5) is 3.38. The lowest BCUT2D eigenvalue weighted by Crippen LogP contribution is -2.33. The Bertz CT molecular complexity index is 1140. The van der Waals surface area contributed by atoms with Gasteiger partial charge in [-0.25, -0.2) is 0 Å². The summed E-state index contributed by atoms with van der Waals surface area (Å²) < 4.78 is 4.44. The van der Waals surface area contributed by atoms with Crippen LogP contribution in [0.2, 0.25) is 0 Å². The third-order valence-electron chi connectivity index (χ3n) is 5.01. The average Bonchev–Trinajstić information content (AvgIpc) is 3.06. The van der Waals surface area contributed by atoms with Crippen molar-refractivity contribution in [2.75, 3.05) is 18.1 Å². The van der Waals surface area contributed by atoms with Crippen LogP contribution >= 0.6 is 43.6 Å². The van der Waals surface area contributed by atoms with Gasteiger partial charge in [-0.15, -0.1) is 0 Å². The van der Waals surface area contributed by atoms with Crippen molar-refractivity contribution in [2.45, 2.75) is 24.8 Å². The Kier molecular flexibility index (Phi) is 6.98. The summed E-state index contributed by atoms with van der Waals surface area (Å²) in [5.74, 6) is 0. The van der Waals surface area contributed by atoms with E-state index in [1.807, 2.05) is 0 Å². The molecule has 1 aliphatic heterocycles. The van der Waals surface area contributed by atoms with Crippen LogP contribution in [0.1, 0.15) is 18.9 Å². The first-order chi connectivity index (χ1) is 14.6. The van der Waals surface area contributed by atoms with Gasteiger partial charge >= 0.3 is 0 Å². The van der Waals surface area contributed by atoms with Crippen molar-refractivity contribution in [3.05, 3.63) is 80.4 Å². The third kappa shape index (κ3) is 4.52. The van der Waals surface area contributed by atoms with Crippen LogP contribution in [0.4, 0.5) is 5.69 Å². The SMILES string of the molecule is CCC[n+]1ccc(C=CC=C2Sc3ccc(Br)cc3N2CCO)c2ccc(Br)cc21. The molecule has 0 fully saturated rings. The second-order valence-electron chi connectivity index (χ2n) is 7.08. The molecule has 0 spiro atoms. The minimum atomic E-state index is 0.114. The van der Waals surface area contributed by atoms with Gasteiger partial charge in [0.2, 0.25) is 5.52 Å². The van der Waals surface area contributed by atoms with E-state index in [9.17, 15) is 5.11 Å². The van der Waals surface area contributed by atoms with Crippen LogP contribution in [0.25, 0.3) is 17.0 Å². The number of anilines is 1. The highest BCUT2D eigenvalue weighted by Crippen LogP contribution is 2.46. The molecule has 0 radical (unpaired) electrons. The van der Waals surface area contributed by atoms with E-state index >= 15 is 0 Å². The monoisotopic (exact) mass is 545 g/mol. The summed E-state index contributed by atoms with van der Waals surface area (Å²) in [6, 6.07) is 14.9. The average molecular weight is 547 g/mol. The Labute approximate surface area is 198 Å². The molecule has 6 heteroatoms. The summed E-state index contributed by atoms with van der Waals surface area (Å²) in [6.07, 6.45) is 9.67. The number of aromatic nitrogens is 1. The maximum atomic E-state index is 9.54. The lowest BCUT2D eigenvalue weighted by Gasteiger charge is -2.18. The van der Waals surface area contributed by atoms with E-state index in [4.69, 9.17) is 0 Å². The largest absolute Gasteiger partial charge is 0.395 e. The fourth-order valence-corrected chi connectivity index (χ4v) is 5.45. The minimum absolute atomic E-state index is 0.114. The molecule has 1 N–H and O–H groups in total. The molecule has 0 saturated heterocycles. The van der Waals surface area contributed by atoms with E-state index in [0.717, 1.165) is 32.6 Å². The molecule has 2 heterocycles. The number of pyridine rings is 1. The van der Waals surface area contributed by atoms with Gasteiger partial charge in [0.1, 0.15) is 6.54 Å². The van der Waals surface area contributed by atoms with Crippen LogP contribution in [-0.2, 0) is 6.54 Å². The van der Waals surface area contributed by atoms with Crippen molar-refractivity contribution < 1.29 is 9.67 Å². The number of fused-ring (bicyclic) bond motifs is 2. The standard InChI is InChI=1S/C24H23Br2N2OS/c1-2-11-27-12-10-17(20-8-6-18(25)15-21(20)27)4-3-5-24-28(13-14-29)22-16-19(26)7-9-23(22)30-24/h3-10,12,15-16,29H,2,11,13-14H2,1H3/q+1. The first kappa shape index (κ1) is 21.6. The normalized spacial score (nSPS) is 14.9. The topological polar surface area (TPSA) is 27.4 Å². The zero-order valence-electron chi connectivity index (χ0n) is 16.7. The summed E-state index contributed by atoms with van der Waals surface area (Å²) in [7, 11) is 0. The highest BCUT2D eigenvalue weighted by atomic mass is 79.9. The van der Waals surface area contributed by atoms with E-state index in [0.29, 0.717) is 6.54 Å². The molecule has 0 aliphatic carbocycles. The molecule has 0 saturated carbocycles. The van der Waals surface area contributed by atoms with Gasteiger partial charge in [-0.05, 0) is 42.0 Å². The molecule has 154 valence electrons. The van der Waals surface area contributed by atoms with Crippen molar-refractivity contribution in [3.63, 3.8) is 0 Å². The fraction of sp³-hybridized carbons (Fsp3) is 0.208. The summed E-state index contributed by atoms with van der Waals surface area (Å²) >= 11 is 8.90. The van der Waals surface area contributed by atoms with Gasteiger partial charge < -0.3 is 10.0 Å². The summed E-state index contributed by atoms with van der Waals surface area (Å²) in [5, 5.41) is 11.9. The van der Waals surface area contributed by atoms with E-state index in [2.05, 4.69) is 115 Å². The molecule has 4 rings (SSSR count). The van der Waals surface area contributed by atoms with Crippen LogP contribution < -0.4 is 9.47 Å². The molecule has 2 aromatic carbocycles. The third-order valence-corrected chi connectivity index (χ3v) is 7.13. The second kappa shape index (κ2) is 9.69. The van der Waals surface area contributed by atoms with Gasteiger partial charge in [-0.2, -0.15) is 4.57 Å². The maximum absolute atomic E-state index is 9.54. The van der Waals surface area contributed by atoms with Crippen LogP contribution in [0.3, 0.4) is 0 Å². The maximum Gasteiger partial charge on any atom is 0.214 e. The van der Waals surface area contributed by atoms with Gasteiger partial charge in [-0.3, -0.25) is 0 Å². The number of aryl methyl sites for hydroxylation is 1. The van der Waals surface area contributed by atoms with Crippen molar-refractivity contribution >= 4 is 66.3 Å². The Morgan fingerprint density at radius 3 is 2.70 bits per heavy atom. The van der Waals surface area contributed by atoms with E-state index in [1.165, 1.54) is 21.4 Å². The number of nitrogens with zero attached hydrogens (tertiary/aromatic N) is 2. The Hall–Kier alpha value is -1.60. The quantitative estimate of drug-likeness (QED) is 0.356. The zero-order chi connectivity index (χ0) is 21.1. The number of halogens is 2. The van der Waals surface area contributed by atoms with Crippen LogP contribution in [-0.4, -0.2) is 18.3 Å². The number of β-amino-alcohol motifs (C(OH)–C–C–N with tert-alkyl or cyclic N) is 1. The number of aliphatic hydroxyl groups is 1. The van der Waals surface area contributed by atoms with Gasteiger partial charge in [0.25, 0.3) is 0 Å². The lowest BCUT2D eigenvalue weighted by molar-refractivity contribution is -0.671. The lowest BCUT2D eigenvalue weighted by atomic mass is 10.1. The number of thioether (sulfide) groups is 1. The molecular formula is C24H23Br2N2OS+. The van der Waals surface area contributed by atoms with E-state index < -0.39 is 0 Å². The van der Waals surface area contributed by atoms with Gasteiger partial charge in [0, 0.05) is 38.9 Å². The first-order valence-corrected chi connectivity index (χ1v) is 12.4. The van der Waals surface area contributed by atoms with Crippen molar-refractivity contribution in [1.29, 1.82) is 0 Å². The number of hydrogen-bond acceptors (Lipinski definition) is 3. The number of aliphatic hydroxyl groups excluding tert-OH is 1. The van der Waals surface area contributed by atoms with Crippen molar-refractivity contribution in [3.8, 4) is 0 Å². The second-order valence-corrected chi connectivity index (χ2v) is 9.97. The highest BCUT2D eigenvalue weighted by molar-refractivity contribution is 9.10. The van der Waals surface area contributed by atoms with Gasteiger partial charge in [0.15, 0.2) is 6.20 Å². The number of hydrogen-bond donors (Lipinski definition) is 1. The fourth-order valence-electron chi connectivity index (χ4n) is 3.67. The van der Waals surface area contributed by atoms with Crippen molar-refractivity contribution in [1.82, 2.24) is 0 Å². The van der Waals surface area contributed by atoms with Crippen LogP contribution in [0, 0.1) is 0 Å². The zero-order valence-corrected chi connectivity index (χ0v) is 20.7. The Balaban J connectivity index is 1.66. The number of rotatable bonds is 6. The van der Waals surface area contributed by atoms with E-state index in [-0.39, 0.29) is 6.61 Å². The van der Waals surface area contributed by atoms with E-state index in [1.54, 1.807) is 11.8 Å². The molecule has 1 aromatic heterocycles. The molecular weight excluding hydrogens is 524 g/mol. The summed E-state index contributed by atoms with van der Waals surface area (Å²) in [5.41, 5.74) is 3.56. The molecule has 1 aliphatic rings. The van der Waals surface area contributed by atoms with Crippen LogP contribution in [0.5, 0.6) is 0 Å². The number of benzene rings is 2. The Morgan fingerprint density at radius 1 is 1.10 bits per heavy atom. The Morgan fingerprint density at radius 2 is 1.90 bits per heavy atom. The molecule has 0 bridgehead atoms. The molecule has 0 amide bonds. The first-order valence-electron chi connectivity index (χ1n) is 9.96. The molecule has 0 atom stereocenters. The molecule has 3 aromatic rings. The molecule has 30 heavy (non-hydrogen) atoms. The van der Waals surface area contributed by atoms with Gasteiger partial charge in [0.05, 0.1) is 22.7 Å². The van der Waals surface area contributed by atoms with Crippen LogP contribution in [0.15, 0.2) is 79.7 Å². The van der Waals surface area contributed by atoms with Gasteiger partial charge in [-0.1, -0.05) is 62.7 Å². The minimum Gasteiger partial charge on any atom is -0.395 e. The molecule has 3 nitrogen and oxygen atoms in total. The predicted octanol–water partition coefficient (Wildman–Crippen LogP) is 6.52. The highest BCUT2D eigenvalue weighted by Gasteiger charge is 2.24. The predicted molar refractivity (Wildman–Crippen MR) is 134 cm³/mol.